The Morgan fingerprint density at radius 1 is 1.12 bits per heavy atom. The first-order valence-corrected chi connectivity index (χ1v) is 8.40. The van der Waals surface area contributed by atoms with E-state index in [1.807, 2.05) is 48.5 Å². The van der Waals surface area contributed by atoms with Gasteiger partial charge in [-0.05, 0) is 35.2 Å². The van der Waals surface area contributed by atoms with E-state index in [1.165, 1.54) is 11.3 Å². The molecule has 0 saturated carbocycles. The first-order chi connectivity index (χ1) is 11.7. The lowest BCUT2D eigenvalue weighted by Gasteiger charge is -2.24. The van der Waals surface area contributed by atoms with E-state index in [0.717, 1.165) is 21.3 Å². The van der Waals surface area contributed by atoms with Crippen LogP contribution in [0.25, 0.3) is 10.1 Å². The molecule has 1 heterocycles. The molecule has 0 fully saturated rings. The molecule has 0 unspecified atom stereocenters. The number of rotatable bonds is 6. The van der Waals surface area contributed by atoms with Gasteiger partial charge in [-0.15, -0.1) is 11.3 Å². The fourth-order valence-corrected chi connectivity index (χ4v) is 3.64. The van der Waals surface area contributed by atoms with Crippen molar-refractivity contribution in [3.63, 3.8) is 0 Å². The van der Waals surface area contributed by atoms with E-state index in [4.69, 9.17) is 5.21 Å². The van der Waals surface area contributed by atoms with Gasteiger partial charge in [-0.3, -0.25) is 10.0 Å². The molecule has 3 N–H and O–H groups in total. The van der Waals surface area contributed by atoms with Crippen LogP contribution in [0, 0.1) is 0 Å². The summed E-state index contributed by atoms with van der Waals surface area (Å²) in [7, 11) is 0. The number of carbonyl (C=O) groups is 1. The second-order valence-electron chi connectivity index (χ2n) is 5.40. The van der Waals surface area contributed by atoms with Crippen LogP contribution in [0.3, 0.4) is 0 Å². The normalized spacial score (nSPS) is 10.8. The van der Waals surface area contributed by atoms with Crippen molar-refractivity contribution in [3.8, 4) is 0 Å². The number of para-hydroxylation sites is 1. The molecule has 124 valence electrons. The molecule has 1 aromatic heterocycles. The number of anilines is 1. The van der Waals surface area contributed by atoms with Crippen LogP contribution in [0.2, 0.25) is 0 Å². The number of fused-ring (bicyclic) bond motifs is 1. The smallest absolute Gasteiger partial charge is 0.284 e. The number of aliphatic hydroxyl groups excluding tert-OH is 1. The number of aliphatic hydroxyl groups is 1. The van der Waals surface area contributed by atoms with Crippen molar-refractivity contribution in [1.82, 2.24) is 5.48 Å². The summed E-state index contributed by atoms with van der Waals surface area (Å²) >= 11 is 1.34. The Bertz CT molecular complexity index is 833. The van der Waals surface area contributed by atoms with Gasteiger partial charge in [0.2, 0.25) is 0 Å². The lowest BCUT2D eigenvalue weighted by molar-refractivity contribution is 0.0711. The molecular weight excluding hydrogens is 324 g/mol. The molecule has 0 spiro atoms. The second kappa shape index (κ2) is 7.44. The number of hydroxylamine groups is 1. The SMILES string of the molecule is O=C(NO)c1cc2ccc(CN(CCO)c3ccccc3)cc2s1. The molecule has 0 aliphatic rings. The van der Waals surface area contributed by atoms with E-state index in [9.17, 15) is 9.90 Å². The standard InChI is InChI=1S/C18H18N2O3S/c21-9-8-20(15-4-2-1-3-5-15)12-13-6-7-14-11-17(18(22)19-23)24-16(14)10-13/h1-7,10-11,21,23H,8-9,12H2,(H,19,22). The lowest BCUT2D eigenvalue weighted by Crippen LogP contribution is -2.25. The number of benzene rings is 2. The third-order valence-electron chi connectivity index (χ3n) is 3.77. The first-order valence-electron chi connectivity index (χ1n) is 7.59. The quantitative estimate of drug-likeness (QED) is 0.476. The van der Waals surface area contributed by atoms with Gasteiger partial charge in [0.05, 0.1) is 11.5 Å². The number of hydrogen-bond donors (Lipinski definition) is 3. The predicted octanol–water partition coefficient (Wildman–Crippen LogP) is 3.02. The Balaban J connectivity index is 1.86. The van der Waals surface area contributed by atoms with E-state index in [0.29, 0.717) is 18.0 Å². The molecule has 3 aromatic rings. The molecule has 0 radical (unpaired) electrons. The molecule has 5 nitrogen and oxygen atoms in total. The third kappa shape index (κ3) is 3.56. The van der Waals surface area contributed by atoms with Crippen LogP contribution in [0.4, 0.5) is 5.69 Å². The lowest BCUT2D eigenvalue weighted by atomic mass is 10.1. The van der Waals surface area contributed by atoms with Gasteiger partial charge in [0, 0.05) is 23.5 Å². The molecule has 2 aromatic carbocycles. The highest BCUT2D eigenvalue weighted by molar-refractivity contribution is 7.20. The molecule has 6 heteroatoms. The van der Waals surface area contributed by atoms with Gasteiger partial charge in [0.15, 0.2) is 0 Å². The third-order valence-corrected chi connectivity index (χ3v) is 4.87. The van der Waals surface area contributed by atoms with Gasteiger partial charge >= 0.3 is 0 Å². The van der Waals surface area contributed by atoms with Gasteiger partial charge in [0.1, 0.15) is 0 Å². The zero-order valence-corrected chi connectivity index (χ0v) is 13.8. The minimum Gasteiger partial charge on any atom is -0.395 e. The van der Waals surface area contributed by atoms with Gasteiger partial charge in [-0.2, -0.15) is 0 Å². The zero-order valence-electron chi connectivity index (χ0n) is 13.0. The van der Waals surface area contributed by atoms with Crippen molar-refractivity contribution in [1.29, 1.82) is 0 Å². The molecule has 0 atom stereocenters. The molecule has 1 amide bonds. The van der Waals surface area contributed by atoms with Crippen molar-refractivity contribution in [2.45, 2.75) is 6.54 Å². The highest BCUT2D eigenvalue weighted by Gasteiger charge is 2.11. The maximum atomic E-state index is 11.5. The average molecular weight is 342 g/mol. The summed E-state index contributed by atoms with van der Waals surface area (Å²) in [5.74, 6) is -0.496. The van der Waals surface area contributed by atoms with Crippen LogP contribution in [0.1, 0.15) is 15.2 Å². The summed E-state index contributed by atoms with van der Waals surface area (Å²) in [5, 5.41) is 19.0. The van der Waals surface area contributed by atoms with E-state index in [2.05, 4.69) is 4.90 Å². The monoisotopic (exact) mass is 342 g/mol. The van der Waals surface area contributed by atoms with E-state index < -0.39 is 5.91 Å². The van der Waals surface area contributed by atoms with Crippen molar-refractivity contribution in [3.05, 3.63) is 65.0 Å². The summed E-state index contributed by atoms with van der Waals surface area (Å²) in [5.41, 5.74) is 3.81. The van der Waals surface area contributed by atoms with Gasteiger partial charge in [0.25, 0.3) is 5.91 Å². The van der Waals surface area contributed by atoms with Gasteiger partial charge in [-0.1, -0.05) is 30.3 Å². The molecule has 0 saturated heterocycles. The van der Waals surface area contributed by atoms with E-state index in [-0.39, 0.29) is 6.61 Å². The maximum absolute atomic E-state index is 11.5. The molecule has 0 bridgehead atoms. The van der Waals surface area contributed by atoms with Crippen molar-refractivity contribution < 1.29 is 15.1 Å². The second-order valence-corrected chi connectivity index (χ2v) is 6.49. The minimum atomic E-state index is -0.496. The zero-order chi connectivity index (χ0) is 16.9. The summed E-state index contributed by atoms with van der Waals surface area (Å²) in [6.45, 7) is 1.29. The fraction of sp³-hybridized carbons (Fsp3) is 0.167. The molecular formula is C18H18N2O3S. The average Bonchev–Trinajstić information content (AvgIpc) is 3.05. The Morgan fingerprint density at radius 2 is 1.92 bits per heavy atom. The number of amides is 1. The Kier molecular flexibility index (Phi) is 5.10. The van der Waals surface area contributed by atoms with Crippen molar-refractivity contribution in [2.24, 2.45) is 0 Å². The van der Waals surface area contributed by atoms with E-state index >= 15 is 0 Å². The largest absolute Gasteiger partial charge is 0.395 e. The molecule has 0 aliphatic carbocycles. The maximum Gasteiger partial charge on any atom is 0.284 e. The van der Waals surface area contributed by atoms with Gasteiger partial charge < -0.3 is 10.0 Å². The summed E-state index contributed by atoms with van der Waals surface area (Å²) in [6.07, 6.45) is 0. The van der Waals surface area contributed by atoms with Crippen molar-refractivity contribution >= 4 is 33.0 Å². The highest BCUT2D eigenvalue weighted by atomic mass is 32.1. The summed E-state index contributed by atoms with van der Waals surface area (Å²) in [4.78, 5) is 14.1. The molecule has 3 rings (SSSR count). The minimum absolute atomic E-state index is 0.0803. The van der Waals surface area contributed by atoms with Crippen LogP contribution in [0.5, 0.6) is 0 Å². The van der Waals surface area contributed by atoms with Gasteiger partial charge in [-0.25, -0.2) is 5.48 Å². The Hall–Kier alpha value is -2.41. The number of hydrogen-bond acceptors (Lipinski definition) is 5. The predicted molar refractivity (Wildman–Crippen MR) is 95.7 cm³/mol. The summed E-state index contributed by atoms with van der Waals surface area (Å²) in [6, 6.07) is 17.7. The first kappa shape index (κ1) is 16.4. The van der Waals surface area contributed by atoms with Crippen LogP contribution in [-0.4, -0.2) is 29.4 Å². The van der Waals surface area contributed by atoms with Crippen LogP contribution in [0.15, 0.2) is 54.6 Å². The number of nitrogens with zero attached hydrogens (tertiary/aromatic N) is 1. The van der Waals surface area contributed by atoms with Crippen LogP contribution < -0.4 is 10.4 Å². The van der Waals surface area contributed by atoms with E-state index in [1.54, 1.807) is 11.5 Å². The topological polar surface area (TPSA) is 72.8 Å². The number of nitrogens with one attached hydrogen (secondary N) is 1. The summed E-state index contributed by atoms with van der Waals surface area (Å²) < 4.78 is 0.989. The molecule has 24 heavy (non-hydrogen) atoms. The van der Waals surface area contributed by atoms with Crippen LogP contribution >= 0.6 is 11.3 Å². The fourth-order valence-electron chi connectivity index (χ4n) is 2.62. The number of thiophene rings is 1. The Morgan fingerprint density at radius 3 is 2.62 bits per heavy atom. The van der Waals surface area contributed by atoms with Crippen molar-refractivity contribution in [2.75, 3.05) is 18.1 Å². The van der Waals surface area contributed by atoms with Crippen LogP contribution in [-0.2, 0) is 6.54 Å². The molecule has 0 aliphatic heterocycles. The Labute approximate surface area is 143 Å². The highest BCUT2D eigenvalue weighted by Crippen LogP contribution is 2.27. The number of carbonyl (C=O) groups excluding carboxylic acids is 1.